The number of methoxy groups -OCH3 is 1. The second-order valence-electron chi connectivity index (χ2n) is 3.74. The van der Waals surface area contributed by atoms with Gasteiger partial charge in [-0.3, -0.25) is 0 Å². The molecule has 0 saturated heterocycles. The number of carbonyl (C=O) groups excluding carboxylic acids is 1. The molecule has 0 aliphatic rings. The number of nitrogens with zero attached hydrogens (tertiary/aromatic N) is 1. The Kier molecular flexibility index (Phi) is 4.11. The summed E-state index contributed by atoms with van der Waals surface area (Å²) >= 11 is 1.66. The fourth-order valence-corrected chi connectivity index (χ4v) is 2.26. The lowest BCUT2D eigenvalue weighted by Gasteiger charge is -1.98. The van der Waals surface area contributed by atoms with E-state index in [2.05, 4.69) is 15.0 Å². The Balaban J connectivity index is 1.83. The molecule has 0 aromatic carbocycles. The third kappa shape index (κ3) is 3.18. The molecule has 0 bridgehead atoms. The van der Waals surface area contributed by atoms with E-state index in [1.807, 2.05) is 13.1 Å². The van der Waals surface area contributed by atoms with Crippen molar-refractivity contribution in [2.45, 2.75) is 20.0 Å². The fraction of sp³-hybridized carbons (Fsp3) is 0.333. The number of furan rings is 1. The molecule has 2 rings (SSSR count). The summed E-state index contributed by atoms with van der Waals surface area (Å²) < 4.78 is 9.86. The number of aromatic nitrogens is 1. The minimum Gasteiger partial charge on any atom is -0.467 e. The van der Waals surface area contributed by atoms with Gasteiger partial charge in [0, 0.05) is 17.6 Å². The number of esters is 1. The van der Waals surface area contributed by atoms with Crippen LogP contribution in [0.5, 0.6) is 0 Å². The number of rotatable bonds is 5. The van der Waals surface area contributed by atoms with Gasteiger partial charge in [-0.15, -0.1) is 11.3 Å². The zero-order valence-corrected chi connectivity index (χ0v) is 11.0. The molecule has 0 spiro atoms. The van der Waals surface area contributed by atoms with Crippen molar-refractivity contribution in [3.05, 3.63) is 39.7 Å². The number of thiazole rings is 1. The monoisotopic (exact) mass is 266 g/mol. The highest BCUT2D eigenvalue weighted by atomic mass is 32.1. The van der Waals surface area contributed by atoms with Crippen molar-refractivity contribution in [2.75, 3.05) is 7.11 Å². The quantitative estimate of drug-likeness (QED) is 0.840. The van der Waals surface area contributed by atoms with E-state index >= 15 is 0 Å². The average molecular weight is 266 g/mol. The first-order valence-corrected chi connectivity index (χ1v) is 6.28. The van der Waals surface area contributed by atoms with Crippen molar-refractivity contribution in [2.24, 2.45) is 0 Å². The lowest BCUT2D eigenvalue weighted by Crippen LogP contribution is -2.11. The van der Waals surface area contributed by atoms with Crippen molar-refractivity contribution in [1.29, 1.82) is 0 Å². The van der Waals surface area contributed by atoms with Crippen molar-refractivity contribution in [3.63, 3.8) is 0 Å². The number of carbonyl (C=O) groups is 1. The first kappa shape index (κ1) is 12.8. The van der Waals surface area contributed by atoms with Gasteiger partial charge in [0.1, 0.15) is 12.0 Å². The third-order valence-electron chi connectivity index (χ3n) is 2.34. The van der Waals surface area contributed by atoms with Crippen LogP contribution in [0.3, 0.4) is 0 Å². The molecule has 2 heterocycles. The Hall–Kier alpha value is -1.66. The van der Waals surface area contributed by atoms with E-state index in [1.54, 1.807) is 17.4 Å². The van der Waals surface area contributed by atoms with Crippen molar-refractivity contribution in [1.82, 2.24) is 10.3 Å². The number of hydrogen-bond donors (Lipinski definition) is 1. The number of hydrogen-bond acceptors (Lipinski definition) is 6. The van der Waals surface area contributed by atoms with Gasteiger partial charge < -0.3 is 14.5 Å². The maximum absolute atomic E-state index is 11.2. The Labute approximate surface area is 109 Å². The van der Waals surface area contributed by atoms with Gasteiger partial charge in [-0.1, -0.05) is 0 Å². The van der Waals surface area contributed by atoms with Crippen molar-refractivity contribution >= 4 is 17.3 Å². The third-order valence-corrected chi connectivity index (χ3v) is 3.26. The molecule has 1 N–H and O–H groups in total. The van der Waals surface area contributed by atoms with Crippen molar-refractivity contribution < 1.29 is 13.9 Å². The summed E-state index contributed by atoms with van der Waals surface area (Å²) in [5.41, 5.74) is 0.433. The van der Waals surface area contributed by atoms with E-state index in [0.717, 1.165) is 11.6 Å². The first-order valence-electron chi connectivity index (χ1n) is 5.47. The highest BCUT2D eigenvalue weighted by molar-refractivity contribution is 7.11. The minimum absolute atomic E-state index is 0.386. The summed E-state index contributed by atoms with van der Waals surface area (Å²) in [6, 6.07) is 1.68. The van der Waals surface area contributed by atoms with Gasteiger partial charge in [-0.2, -0.15) is 0 Å². The minimum atomic E-state index is -0.386. The van der Waals surface area contributed by atoms with Crippen LogP contribution in [0.1, 0.15) is 26.0 Å². The first-order chi connectivity index (χ1) is 8.69. The van der Waals surface area contributed by atoms with Gasteiger partial charge in [0.25, 0.3) is 0 Å². The summed E-state index contributed by atoms with van der Waals surface area (Å²) in [7, 11) is 1.35. The van der Waals surface area contributed by atoms with Gasteiger partial charge in [-0.25, -0.2) is 9.78 Å². The molecule has 0 radical (unpaired) electrons. The van der Waals surface area contributed by atoms with E-state index in [4.69, 9.17) is 4.42 Å². The maximum atomic E-state index is 11.2. The SMILES string of the molecule is COC(=O)c1coc(CNCc2cnc(C)s2)c1. The second kappa shape index (κ2) is 5.79. The Morgan fingerprint density at radius 2 is 2.39 bits per heavy atom. The zero-order chi connectivity index (χ0) is 13.0. The molecular weight excluding hydrogens is 252 g/mol. The van der Waals surface area contributed by atoms with E-state index < -0.39 is 0 Å². The average Bonchev–Trinajstić information content (AvgIpc) is 2.98. The molecule has 96 valence electrons. The highest BCUT2D eigenvalue weighted by Crippen LogP contribution is 2.12. The van der Waals surface area contributed by atoms with Crippen LogP contribution >= 0.6 is 11.3 Å². The topological polar surface area (TPSA) is 64.4 Å². The Morgan fingerprint density at radius 3 is 3.06 bits per heavy atom. The second-order valence-corrected chi connectivity index (χ2v) is 5.06. The van der Waals surface area contributed by atoms with Crippen LogP contribution in [-0.2, 0) is 17.8 Å². The van der Waals surface area contributed by atoms with Gasteiger partial charge in [-0.05, 0) is 13.0 Å². The largest absolute Gasteiger partial charge is 0.467 e. The summed E-state index contributed by atoms with van der Waals surface area (Å²) in [4.78, 5) is 16.6. The Bertz CT molecular complexity index is 533. The summed E-state index contributed by atoms with van der Waals surface area (Å²) in [5, 5.41) is 4.28. The fourth-order valence-electron chi connectivity index (χ4n) is 1.49. The van der Waals surface area contributed by atoms with Gasteiger partial charge in [0.15, 0.2) is 0 Å². The standard InChI is InChI=1S/C12H14N2O3S/c1-8-14-6-11(18-8)5-13-4-10-3-9(7-17-10)12(15)16-2/h3,6-7,13H,4-5H2,1-2H3. The van der Waals surface area contributed by atoms with Gasteiger partial charge in [0.05, 0.1) is 24.2 Å². The number of ether oxygens (including phenoxy) is 1. The van der Waals surface area contributed by atoms with E-state index in [0.29, 0.717) is 17.9 Å². The maximum Gasteiger partial charge on any atom is 0.341 e. The summed E-state index contributed by atoms with van der Waals surface area (Å²) in [5.74, 6) is 0.319. The lowest BCUT2D eigenvalue weighted by atomic mass is 10.3. The predicted octanol–water partition coefficient (Wildman–Crippen LogP) is 2.12. The molecule has 0 aliphatic heterocycles. The number of aryl methyl sites for hydroxylation is 1. The predicted molar refractivity (Wildman–Crippen MR) is 67.4 cm³/mol. The lowest BCUT2D eigenvalue weighted by molar-refractivity contribution is 0.0600. The van der Waals surface area contributed by atoms with Gasteiger partial charge in [0.2, 0.25) is 0 Å². The van der Waals surface area contributed by atoms with Crippen molar-refractivity contribution in [3.8, 4) is 0 Å². The molecular formula is C12H14N2O3S. The van der Waals surface area contributed by atoms with E-state index in [9.17, 15) is 4.79 Å². The molecule has 2 aromatic heterocycles. The molecule has 0 atom stereocenters. The van der Waals surface area contributed by atoms with Crippen LogP contribution in [-0.4, -0.2) is 18.1 Å². The zero-order valence-electron chi connectivity index (χ0n) is 10.2. The molecule has 18 heavy (non-hydrogen) atoms. The van der Waals surface area contributed by atoms with Crippen LogP contribution in [0.15, 0.2) is 22.9 Å². The molecule has 0 saturated carbocycles. The van der Waals surface area contributed by atoms with Crippen LogP contribution < -0.4 is 5.32 Å². The van der Waals surface area contributed by atoms with E-state index in [-0.39, 0.29) is 5.97 Å². The molecule has 0 fully saturated rings. The van der Waals surface area contributed by atoms with Crippen LogP contribution in [0, 0.1) is 6.92 Å². The van der Waals surface area contributed by atoms with Gasteiger partial charge >= 0.3 is 5.97 Å². The molecule has 2 aromatic rings. The highest BCUT2D eigenvalue weighted by Gasteiger charge is 2.09. The normalized spacial score (nSPS) is 10.6. The molecule has 0 unspecified atom stereocenters. The van der Waals surface area contributed by atoms with Crippen LogP contribution in [0.4, 0.5) is 0 Å². The van der Waals surface area contributed by atoms with Crippen LogP contribution in [0.25, 0.3) is 0 Å². The summed E-state index contributed by atoms with van der Waals surface area (Å²) in [6.07, 6.45) is 3.26. The summed E-state index contributed by atoms with van der Waals surface area (Å²) in [6.45, 7) is 3.27. The number of nitrogens with one attached hydrogen (secondary N) is 1. The van der Waals surface area contributed by atoms with Crippen LogP contribution in [0.2, 0.25) is 0 Å². The molecule has 6 heteroatoms. The molecule has 0 aliphatic carbocycles. The molecule has 0 amide bonds. The Morgan fingerprint density at radius 1 is 1.56 bits per heavy atom. The smallest absolute Gasteiger partial charge is 0.341 e. The molecule has 5 nitrogen and oxygen atoms in total. The van der Waals surface area contributed by atoms with E-state index in [1.165, 1.54) is 18.3 Å².